The molecule has 1 aliphatic rings. The van der Waals surface area contributed by atoms with E-state index in [0.717, 1.165) is 62.1 Å². The number of para-hydroxylation sites is 1. The SMILES string of the molecule is CCc1nc(C)nc(N2CCN(C[C@H](O)COc3ccccc3)CC2)c1Cc1ccc(C)cc1. The summed E-state index contributed by atoms with van der Waals surface area (Å²) in [4.78, 5) is 14.4. The number of nitrogens with zero attached hydrogens (tertiary/aromatic N) is 4. The van der Waals surface area contributed by atoms with E-state index in [9.17, 15) is 5.11 Å². The first-order valence-corrected chi connectivity index (χ1v) is 12.3. The number of piperazine rings is 1. The lowest BCUT2D eigenvalue weighted by molar-refractivity contribution is 0.0662. The minimum absolute atomic E-state index is 0.301. The van der Waals surface area contributed by atoms with Gasteiger partial charge in [-0.2, -0.15) is 0 Å². The maximum absolute atomic E-state index is 10.5. The largest absolute Gasteiger partial charge is 0.491 e. The Kier molecular flexibility index (Phi) is 8.14. The van der Waals surface area contributed by atoms with Crippen LogP contribution >= 0.6 is 0 Å². The van der Waals surface area contributed by atoms with Gasteiger partial charge < -0.3 is 14.7 Å². The standard InChI is InChI=1S/C28H36N4O2/c1-4-27-26(18-23-12-10-21(2)11-13-23)28(30-22(3)29-27)32-16-14-31(15-17-32)19-24(33)20-34-25-8-6-5-7-9-25/h5-13,24,33H,4,14-20H2,1-3H3/t24-/m0/s1. The number of ether oxygens (including phenoxy) is 1. The molecule has 1 aliphatic heterocycles. The molecule has 6 nitrogen and oxygen atoms in total. The summed E-state index contributed by atoms with van der Waals surface area (Å²) in [7, 11) is 0. The lowest BCUT2D eigenvalue weighted by atomic mass is 10.0. The maximum atomic E-state index is 10.5. The zero-order valence-corrected chi connectivity index (χ0v) is 20.6. The van der Waals surface area contributed by atoms with Gasteiger partial charge in [0.15, 0.2) is 0 Å². The molecule has 1 saturated heterocycles. The average molecular weight is 461 g/mol. The number of hydrogen-bond donors (Lipinski definition) is 1. The Balaban J connectivity index is 1.39. The minimum Gasteiger partial charge on any atom is -0.491 e. The number of hydrogen-bond acceptors (Lipinski definition) is 6. The number of aryl methyl sites for hydroxylation is 3. The first kappa shape index (κ1) is 24.2. The van der Waals surface area contributed by atoms with E-state index >= 15 is 0 Å². The topological polar surface area (TPSA) is 61.7 Å². The summed E-state index contributed by atoms with van der Waals surface area (Å²) in [6.07, 6.45) is 1.22. The van der Waals surface area contributed by atoms with E-state index in [2.05, 4.69) is 47.9 Å². The molecule has 0 spiro atoms. The first-order valence-electron chi connectivity index (χ1n) is 12.3. The van der Waals surface area contributed by atoms with Crippen molar-refractivity contribution in [2.24, 2.45) is 0 Å². The van der Waals surface area contributed by atoms with Crippen molar-refractivity contribution in [3.05, 3.63) is 82.8 Å². The van der Waals surface area contributed by atoms with Gasteiger partial charge in [0.25, 0.3) is 0 Å². The van der Waals surface area contributed by atoms with Crippen LogP contribution in [0, 0.1) is 13.8 Å². The first-order chi connectivity index (χ1) is 16.5. The Morgan fingerprint density at radius 1 is 0.941 bits per heavy atom. The van der Waals surface area contributed by atoms with E-state index in [1.807, 2.05) is 37.3 Å². The predicted molar refractivity (Wildman–Crippen MR) is 137 cm³/mol. The quantitative estimate of drug-likeness (QED) is 0.524. The van der Waals surface area contributed by atoms with Gasteiger partial charge in [-0.3, -0.25) is 4.90 Å². The van der Waals surface area contributed by atoms with Gasteiger partial charge in [0.05, 0.1) is 0 Å². The second-order valence-corrected chi connectivity index (χ2v) is 9.10. The molecular formula is C28H36N4O2. The monoisotopic (exact) mass is 460 g/mol. The fourth-order valence-electron chi connectivity index (χ4n) is 4.48. The Bertz CT molecular complexity index is 1050. The number of aliphatic hydroxyl groups excluding tert-OH is 1. The van der Waals surface area contributed by atoms with Gasteiger partial charge in [-0.15, -0.1) is 0 Å². The summed E-state index contributed by atoms with van der Waals surface area (Å²) in [5, 5.41) is 10.5. The summed E-state index contributed by atoms with van der Waals surface area (Å²) in [6.45, 7) is 10.7. The van der Waals surface area contributed by atoms with Crippen LogP contribution in [0.5, 0.6) is 5.75 Å². The van der Waals surface area contributed by atoms with E-state index in [-0.39, 0.29) is 0 Å². The van der Waals surface area contributed by atoms with Crippen LogP contribution in [0.4, 0.5) is 5.82 Å². The molecule has 34 heavy (non-hydrogen) atoms. The molecule has 3 aromatic rings. The molecule has 4 rings (SSSR count). The van der Waals surface area contributed by atoms with Crippen molar-refractivity contribution in [3.63, 3.8) is 0 Å². The van der Waals surface area contributed by atoms with Gasteiger partial charge in [0.1, 0.15) is 30.1 Å². The summed E-state index contributed by atoms with van der Waals surface area (Å²) in [6, 6.07) is 18.4. The molecule has 2 heterocycles. The number of aromatic nitrogens is 2. The van der Waals surface area contributed by atoms with Crippen molar-refractivity contribution < 1.29 is 9.84 Å². The van der Waals surface area contributed by atoms with Crippen LogP contribution in [0.25, 0.3) is 0 Å². The van der Waals surface area contributed by atoms with Crippen LogP contribution < -0.4 is 9.64 Å². The summed E-state index contributed by atoms with van der Waals surface area (Å²) >= 11 is 0. The smallest absolute Gasteiger partial charge is 0.136 e. The fraction of sp³-hybridized carbons (Fsp3) is 0.429. The molecule has 1 fully saturated rings. The van der Waals surface area contributed by atoms with Gasteiger partial charge in [-0.25, -0.2) is 9.97 Å². The van der Waals surface area contributed by atoms with Crippen LogP contribution in [-0.4, -0.2) is 65.4 Å². The molecule has 1 N–H and O–H groups in total. The van der Waals surface area contributed by atoms with Crippen LogP contribution in [0.15, 0.2) is 54.6 Å². The highest BCUT2D eigenvalue weighted by molar-refractivity contribution is 5.52. The van der Waals surface area contributed by atoms with Crippen molar-refractivity contribution in [1.29, 1.82) is 0 Å². The van der Waals surface area contributed by atoms with Crippen LogP contribution in [-0.2, 0) is 12.8 Å². The zero-order valence-electron chi connectivity index (χ0n) is 20.6. The highest BCUT2D eigenvalue weighted by Gasteiger charge is 2.24. The Morgan fingerprint density at radius 3 is 2.32 bits per heavy atom. The van der Waals surface area contributed by atoms with E-state index < -0.39 is 6.10 Å². The van der Waals surface area contributed by atoms with Gasteiger partial charge in [-0.05, 0) is 38.0 Å². The molecule has 180 valence electrons. The maximum Gasteiger partial charge on any atom is 0.136 e. The van der Waals surface area contributed by atoms with E-state index in [1.165, 1.54) is 16.7 Å². The number of aliphatic hydroxyl groups is 1. The van der Waals surface area contributed by atoms with E-state index in [1.54, 1.807) is 0 Å². The third-order valence-electron chi connectivity index (χ3n) is 6.35. The Labute approximate surface area is 203 Å². The van der Waals surface area contributed by atoms with E-state index in [4.69, 9.17) is 14.7 Å². The molecule has 1 aromatic heterocycles. The van der Waals surface area contributed by atoms with Crippen molar-refractivity contribution in [1.82, 2.24) is 14.9 Å². The molecule has 6 heteroatoms. The summed E-state index contributed by atoms with van der Waals surface area (Å²) < 4.78 is 5.71. The zero-order chi connectivity index (χ0) is 23.9. The second kappa shape index (κ2) is 11.4. The molecule has 0 amide bonds. The summed E-state index contributed by atoms with van der Waals surface area (Å²) in [5.74, 6) is 2.69. The fourth-order valence-corrected chi connectivity index (χ4v) is 4.48. The van der Waals surface area contributed by atoms with Gasteiger partial charge >= 0.3 is 0 Å². The van der Waals surface area contributed by atoms with Crippen molar-refractivity contribution in [2.75, 3.05) is 44.2 Å². The van der Waals surface area contributed by atoms with Gasteiger partial charge in [-0.1, -0.05) is 55.0 Å². The number of β-amino-alcohol motifs (C(OH)–C–C–N with tert-alkyl or cyclic N) is 1. The predicted octanol–water partition coefficient (Wildman–Crippen LogP) is 3.81. The van der Waals surface area contributed by atoms with Crippen molar-refractivity contribution in [3.8, 4) is 5.75 Å². The lowest BCUT2D eigenvalue weighted by Crippen LogP contribution is -2.49. The average Bonchev–Trinajstić information content (AvgIpc) is 2.86. The number of rotatable bonds is 9. The molecule has 0 bridgehead atoms. The number of benzene rings is 2. The molecule has 1 atom stereocenters. The van der Waals surface area contributed by atoms with Gasteiger partial charge in [0, 0.05) is 50.4 Å². The lowest BCUT2D eigenvalue weighted by Gasteiger charge is -2.37. The Morgan fingerprint density at radius 2 is 1.65 bits per heavy atom. The number of anilines is 1. The van der Waals surface area contributed by atoms with Crippen molar-refractivity contribution >= 4 is 5.82 Å². The van der Waals surface area contributed by atoms with Crippen LogP contribution in [0.2, 0.25) is 0 Å². The molecule has 0 radical (unpaired) electrons. The Hall–Kier alpha value is -2.96. The second-order valence-electron chi connectivity index (χ2n) is 9.10. The molecule has 0 saturated carbocycles. The minimum atomic E-state index is -0.517. The third-order valence-corrected chi connectivity index (χ3v) is 6.35. The molecule has 2 aromatic carbocycles. The third kappa shape index (κ3) is 6.33. The highest BCUT2D eigenvalue weighted by Crippen LogP contribution is 2.26. The van der Waals surface area contributed by atoms with Crippen LogP contribution in [0.3, 0.4) is 0 Å². The molecular weight excluding hydrogens is 424 g/mol. The molecule has 0 aliphatic carbocycles. The van der Waals surface area contributed by atoms with E-state index in [0.29, 0.717) is 13.2 Å². The normalized spacial score (nSPS) is 15.4. The van der Waals surface area contributed by atoms with Crippen LogP contribution in [0.1, 0.15) is 35.1 Å². The highest BCUT2D eigenvalue weighted by atomic mass is 16.5. The van der Waals surface area contributed by atoms with Crippen molar-refractivity contribution in [2.45, 2.75) is 39.7 Å². The van der Waals surface area contributed by atoms with Gasteiger partial charge in [0.2, 0.25) is 0 Å². The summed E-state index contributed by atoms with van der Waals surface area (Å²) in [5.41, 5.74) is 4.93. The molecule has 0 unspecified atom stereocenters.